The van der Waals surface area contributed by atoms with E-state index in [0.29, 0.717) is 19.5 Å². The molecule has 2 atom stereocenters. The quantitative estimate of drug-likeness (QED) is 0.904. The molecule has 0 spiro atoms. The number of halogens is 1. The van der Waals surface area contributed by atoms with Crippen LogP contribution in [-0.2, 0) is 4.79 Å². The van der Waals surface area contributed by atoms with Crippen LogP contribution in [0.4, 0.5) is 4.39 Å². The van der Waals surface area contributed by atoms with E-state index < -0.39 is 6.10 Å². The summed E-state index contributed by atoms with van der Waals surface area (Å²) in [6.45, 7) is 2.68. The number of benzene rings is 1. The van der Waals surface area contributed by atoms with Crippen LogP contribution in [0.1, 0.15) is 37.3 Å². The number of nitrogens with zero attached hydrogens (tertiary/aromatic N) is 2. The molecule has 2 fully saturated rings. The van der Waals surface area contributed by atoms with Gasteiger partial charge in [-0.25, -0.2) is 4.39 Å². The van der Waals surface area contributed by atoms with Crippen LogP contribution in [0.5, 0.6) is 0 Å². The molecular formula is C17H23FN2O2. The first-order valence-corrected chi connectivity index (χ1v) is 8.09. The molecule has 2 aliphatic heterocycles. The molecule has 120 valence electrons. The lowest BCUT2D eigenvalue weighted by molar-refractivity contribution is -0.129. The topological polar surface area (TPSA) is 43.8 Å². The van der Waals surface area contributed by atoms with Gasteiger partial charge in [0, 0.05) is 32.1 Å². The van der Waals surface area contributed by atoms with Crippen molar-refractivity contribution >= 4 is 5.91 Å². The first-order chi connectivity index (χ1) is 10.6. The number of likely N-dealkylation sites (tertiary alicyclic amines) is 2. The predicted molar refractivity (Wildman–Crippen MR) is 81.8 cm³/mol. The van der Waals surface area contributed by atoms with Gasteiger partial charge >= 0.3 is 0 Å². The van der Waals surface area contributed by atoms with Crippen LogP contribution < -0.4 is 0 Å². The Hall–Kier alpha value is -1.46. The molecule has 0 aromatic heterocycles. The zero-order valence-corrected chi connectivity index (χ0v) is 12.7. The third kappa shape index (κ3) is 3.47. The highest BCUT2D eigenvalue weighted by atomic mass is 19.1. The Morgan fingerprint density at radius 2 is 1.95 bits per heavy atom. The lowest BCUT2D eigenvalue weighted by Crippen LogP contribution is -2.40. The van der Waals surface area contributed by atoms with E-state index in [4.69, 9.17) is 0 Å². The van der Waals surface area contributed by atoms with Crippen molar-refractivity contribution in [2.45, 2.75) is 37.8 Å². The van der Waals surface area contributed by atoms with Gasteiger partial charge in [0.2, 0.25) is 5.91 Å². The number of rotatable bonds is 5. The summed E-state index contributed by atoms with van der Waals surface area (Å²) in [5.41, 5.74) is 1.10. The highest BCUT2D eigenvalue weighted by molar-refractivity contribution is 5.78. The van der Waals surface area contributed by atoms with Gasteiger partial charge < -0.3 is 10.0 Å². The minimum absolute atomic E-state index is 0.149. The number of amides is 1. The molecule has 2 aliphatic rings. The standard InChI is InChI=1S/C17H23FN2O2/c18-14-7-5-13(6-8-14)16-3-1-9-19(16)11-15(21)12-20-10-2-4-17(20)22/h5-8,15-16,21H,1-4,9-12H2. The van der Waals surface area contributed by atoms with Crippen molar-refractivity contribution in [2.24, 2.45) is 0 Å². The van der Waals surface area contributed by atoms with Gasteiger partial charge in [0.25, 0.3) is 0 Å². The molecular weight excluding hydrogens is 283 g/mol. The Morgan fingerprint density at radius 3 is 2.64 bits per heavy atom. The number of hydrogen-bond acceptors (Lipinski definition) is 3. The minimum atomic E-state index is -0.525. The van der Waals surface area contributed by atoms with Gasteiger partial charge in [0.05, 0.1) is 6.10 Å². The summed E-state index contributed by atoms with van der Waals surface area (Å²) in [5, 5.41) is 10.3. The molecule has 0 bridgehead atoms. The number of aliphatic hydroxyl groups is 1. The highest BCUT2D eigenvalue weighted by Crippen LogP contribution is 2.32. The van der Waals surface area contributed by atoms with Crippen LogP contribution in [-0.4, -0.2) is 53.1 Å². The van der Waals surface area contributed by atoms with Gasteiger partial charge in [-0.1, -0.05) is 12.1 Å². The van der Waals surface area contributed by atoms with Gasteiger partial charge in [0.15, 0.2) is 0 Å². The molecule has 0 aliphatic carbocycles. The third-order valence-electron chi connectivity index (χ3n) is 4.67. The maximum absolute atomic E-state index is 13.1. The average Bonchev–Trinajstić information content (AvgIpc) is 3.10. The van der Waals surface area contributed by atoms with E-state index in [1.807, 2.05) is 12.1 Å². The van der Waals surface area contributed by atoms with Crippen molar-refractivity contribution in [3.8, 4) is 0 Å². The van der Waals surface area contributed by atoms with E-state index in [2.05, 4.69) is 4.90 Å². The fourth-order valence-electron chi connectivity index (χ4n) is 3.59. The predicted octanol–water partition coefficient (Wildman–Crippen LogP) is 1.95. The second-order valence-corrected chi connectivity index (χ2v) is 6.30. The van der Waals surface area contributed by atoms with Crippen LogP contribution in [0.15, 0.2) is 24.3 Å². The summed E-state index contributed by atoms with van der Waals surface area (Å²) >= 11 is 0. The molecule has 0 radical (unpaired) electrons. The zero-order valence-electron chi connectivity index (χ0n) is 12.7. The second-order valence-electron chi connectivity index (χ2n) is 6.30. The molecule has 2 saturated heterocycles. The van der Waals surface area contributed by atoms with Crippen molar-refractivity contribution in [1.29, 1.82) is 0 Å². The number of hydrogen-bond donors (Lipinski definition) is 1. The van der Waals surface area contributed by atoms with Crippen molar-refractivity contribution in [3.05, 3.63) is 35.6 Å². The molecule has 0 saturated carbocycles. The maximum atomic E-state index is 13.1. The normalized spacial score (nSPS) is 24.2. The molecule has 4 nitrogen and oxygen atoms in total. The Labute approximate surface area is 130 Å². The number of β-amino-alcohol motifs (C(OH)–C–C–N with tert-alkyl or cyclic N) is 1. The zero-order chi connectivity index (χ0) is 15.5. The van der Waals surface area contributed by atoms with Gasteiger partial charge in [-0.3, -0.25) is 9.69 Å². The number of aliphatic hydroxyl groups excluding tert-OH is 1. The van der Waals surface area contributed by atoms with E-state index in [-0.39, 0.29) is 17.8 Å². The summed E-state index contributed by atoms with van der Waals surface area (Å²) in [6.07, 6.45) is 3.09. The molecule has 3 rings (SSSR count). The fraction of sp³-hybridized carbons (Fsp3) is 0.588. The van der Waals surface area contributed by atoms with Gasteiger partial charge in [-0.15, -0.1) is 0 Å². The first-order valence-electron chi connectivity index (χ1n) is 8.09. The summed E-state index contributed by atoms with van der Waals surface area (Å²) in [7, 11) is 0. The summed E-state index contributed by atoms with van der Waals surface area (Å²) in [4.78, 5) is 15.6. The minimum Gasteiger partial charge on any atom is -0.390 e. The Balaban J connectivity index is 1.58. The van der Waals surface area contributed by atoms with Crippen LogP contribution in [0.25, 0.3) is 0 Å². The smallest absolute Gasteiger partial charge is 0.222 e. The summed E-state index contributed by atoms with van der Waals surface area (Å²) < 4.78 is 13.1. The van der Waals surface area contributed by atoms with Crippen molar-refractivity contribution < 1.29 is 14.3 Å². The van der Waals surface area contributed by atoms with Gasteiger partial charge in [-0.05, 0) is 43.5 Å². The van der Waals surface area contributed by atoms with E-state index in [1.165, 1.54) is 12.1 Å². The molecule has 5 heteroatoms. The molecule has 1 aromatic rings. The van der Waals surface area contributed by atoms with Crippen LogP contribution in [0, 0.1) is 5.82 Å². The van der Waals surface area contributed by atoms with Crippen molar-refractivity contribution in [3.63, 3.8) is 0 Å². The largest absolute Gasteiger partial charge is 0.390 e. The van der Waals surface area contributed by atoms with Crippen LogP contribution in [0.2, 0.25) is 0 Å². The molecule has 1 amide bonds. The van der Waals surface area contributed by atoms with Crippen molar-refractivity contribution in [2.75, 3.05) is 26.2 Å². The van der Waals surface area contributed by atoms with E-state index in [1.54, 1.807) is 4.90 Å². The van der Waals surface area contributed by atoms with Crippen LogP contribution >= 0.6 is 0 Å². The SMILES string of the molecule is O=C1CCCN1CC(O)CN1CCCC1c1ccc(F)cc1. The van der Waals surface area contributed by atoms with Gasteiger partial charge in [0.1, 0.15) is 5.82 Å². The van der Waals surface area contributed by atoms with E-state index in [9.17, 15) is 14.3 Å². The second kappa shape index (κ2) is 6.75. The Morgan fingerprint density at radius 1 is 1.18 bits per heavy atom. The van der Waals surface area contributed by atoms with Gasteiger partial charge in [-0.2, -0.15) is 0 Å². The van der Waals surface area contributed by atoms with Crippen molar-refractivity contribution in [1.82, 2.24) is 9.80 Å². The summed E-state index contributed by atoms with van der Waals surface area (Å²) in [6, 6.07) is 6.88. The Kier molecular flexibility index (Phi) is 4.74. The lowest BCUT2D eigenvalue weighted by atomic mass is 10.0. The highest BCUT2D eigenvalue weighted by Gasteiger charge is 2.29. The van der Waals surface area contributed by atoms with Crippen LogP contribution in [0.3, 0.4) is 0 Å². The first kappa shape index (κ1) is 15.4. The molecule has 22 heavy (non-hydrogen) atoms. The number of carbonyl (C=O) groups is 1. The summed E-state index contributed by atoms with van der Waals surface area (Å²) in [5.74, 6) is -0.0727. The monoisotopic (exact) mass is 306 g/mol. The molecule has 2 unspecified atom stereocenters. The molecule has 2 heterocycles. The third-order valence-corrected chi connectivity index (χ3v) is 4.67. The maximum Gasteiger partial charge on any atom is 0.222 e. The average molecular weight is 306 g/mol. The fourth-order valence-corrected chi connectivity index (χ4v) is 3.59. The van der Waals surface area contributed by atoms with E-state index >= 15 is 0 Å². The lowest BCUT2D eigenvalue weighted by Gasteiger charge is -2.29. The molecule has 1 N–H and O–H groups in total. The Bertz CT molecular complexity index is 520. The van der Waals surface area contributed by atoms with E-state index in [0.717, 1.165) is 37.9 Å². The molecule has 1 aromatic carbocycles. The number of carbonyl (C=O) groups excluding carboxylic acids is 1.